The number of hydrogen-bond donors (Lipinski definition) is 2. The van der Waals surface area contributed by atoms with Gasteiger partial charge in [-0.25, -0.2) is 13.9 Å². The summed E-state index contributed by atoms with van der Waals surface area (Å²) in [5, 5.41) is 28.7. The van der Waals surface area contributed by atoms with Crippen LogP contribution in [0.25, 0.3) is 34.1 Å². The zero-order chi connectivity index (χ0) is 27.8. The Balaban J connectivity index is 1.31. The Morgan fingerprint density at radius 2 is 1.62 bits per heavy atom. The van der Waals surface area contributed by atoms with Crippen LogP contribution in [0.15, 0.2) is 79.5 Å². The lowest BCUT2D eigenvalue weighted by Gasteiger charge is -2.20. The lowest BCUT2D eigenvalue weighted by Crippen LogP contribution is -2.21. The largest absolute Gasteiger partial charge is 0.394 e. The lowest BCUT2D eigenvalue weighted by molar-refractivity contribution is 0.0783. The van der Waals surface area contributed by atoms with Gasteiger partial charge in [0.25, 0.3) is 5.95 Å². The molecule has 6 aromatic rings. The van der Waals surface area contributed by atoms with Crippen molar-refractivity contribution in [3.05, 3.63) is 102 Å². The van der Waals surface area contributed by atoms with Gasteiger partial charge in [-0.1, -0.05) is 12.1 Å². The van der Waals surface area contributed by atoms with Crippen LogP contribution in [-0.2, 0) is 0 Å². The number of fused-ring (bicyclic) bond motifs is 1. The number of halogens is 1. The summed E-state index contributed by atoms with van der Waals surface area (Å²) >= 11 is 0. The number of aromatic nitrogens is 8. The van der Waals surface area contributed by atoms with Gasteiger partial charge < -0.3 is 10.2 Å². The van der Waals surface area contributed by atoms with E-state index in [-0.39, 0.29) is 18.8 Å². The Morgan fingerprint density at radius 1 is 0.900 bits per heavy atom. The van der Waals surface area contributed by atoms with Crippen LogP contribution in [0.1, 0.15) is 29.4 Å². The highest BCUT2D eigenvalue weighted by atomic mass is 19.1. The predicted octanol–water partition coefficient (Wildman–Crippen LogP) is 3.93. The second-order valence-corrected chi connectivity index (χ2v) is 9.72. The first kappa shape index (κ1) is 25.5. The van der Waals surface area contributed by atoms with Crippen molar-refractivity contribution < 1.29 is 14.6 Å². The average molecular weight is 539 g/mol. The fourth-order valence-corrected chi connectivity index (χ4v) is 4.81. The molecule has 0 amide bonds. The van der Waals surface area contributed by atoms with Gasteiger partial charge in [-0.2, -0.15) is 10.1 Å². The quantitative estimate of drug-likeness (QED) is 0.301. The molecule has 202 valence electrons. The molecule has 1 aromatic carbocycles. The van der Waals surface area contributed by atoms with E-state index in [0.717, 1.165) is 28.1 Å². The Labute approximate surface area is 229 Å². The van der Waals surface area contributed by atoms with E-state index in [9.17, 15) is 14.6 Å². The summed E-state index contributed by atoms with van der Waals surface area (Å²) in [5.74, 6) is 0.250. The number of hydrogen-bond acceptors (Lipinski definition) is 7. The van der Waals surface area contributed by atoms with Gasteiger partial charge in [0.1, 0.15) is 5.82 Å². The van der Waals surface area contributed by atoms with Crippen LogP contribution < -0.4 is 0 Å². The summed E-state index contributed by atoms with van der Waals surface area (Å²) in [6.45, 7) is 3.65. The van der Waals surface area contributed by atoms with Gasteiger partial charge in [0, 0.05) is 41.3 Å². The first-order chi connectivity index (χ1) is 19.4. The summed E-state index contributed by atoms with van der Waals surface area (Å²) in [6, 6.07) is 13.5. The number of aryl methyl sites for hydroxylation is 2. The predicted molar refractivity (Wildman–Crippen MR) is 146 cm³/mol. The summed E-state index contributed by atoms with van der Waals surface area (Å²) in [4.78, 5) is 14.0. The van der Waals surface area contributed by atoms with Gasteiger partial charge in [0.15, 0.2) is 5.65 Å². The minimum absolute atomic E-state index is 0.206. The Morgan fingerprint density at radius 3 is 2.35 bits per heavy atom. The van der Waals surface area contributed by atoms with Crippen LogP contribution in [0.4, 0.5) is 4.39 Å². The molecule has 2 N–H and O–H groups in total. The van der Waals surface area contributed by atoms with Crippen LogP contribution in [-0.4, -0.2) is 61.8 Å². The molecular weight excluding hydrogens is 511 g/mol. The molecule has 0 saturated heterocycles. The highest BCUT2D eigenvalue weighted by Crippen LogP contribution is 2.27. The molecule has 0 bridgehead atoms. The van der Waals surface area contributed by atoms with Crippen LogP contribution in [0.5, 0.6) is 0 Å². The molecule has 0 aliphatic rings. The second-order valence-electron chi connectivity index (χ2n) is 9.72. The zero-order valence-corrected chi connectivity index (χ0v) is 21.9. The summed E-state index contributed by atoms with van der Waals surface area (Å²) in [6.07, 6.45) is 7.93. The zero-order valence-electron chi connectivity index (χ0n) is 21.9. The highest BCUT2D eigenvalue weighted by Gasteiger charge is 2.20. The molecule has 0 aliphatic carbocycles. The maximum atomic E-state index is 13.5. The Hall–Kier alpha value is -4.74. The van der Waals surface area contributed by atoms with Crippen LogP contribution in [0.2, 0.25) is 0 Å². The van der Waals surface area contributed by atoms with Crippen molar-refractivity contribution in [2.45, 2.75) is 32.4 Å². The molecule has 2 atom stereocenters. The van der Waals surface area contributed by atoms with Gasteiger partial charge in [-0.15, -0.1) is 5.10 Å². The van der Waals surface area contributed by atoms with Gasteiger partial charge in [-0.3, -0.25) is 14.2 Å². The SMILES string of the molecule is Cc1ccc(C)n1-c1nc2cc(-c3cncc(-c4cnn(C(CC(O)CO)c5ccc(F)cc5)c4)n3)ccn2n1. The molecule has 5 heterocycles. The minimum atomic E-state index is -0.955. The molecule has 0 aliphatic heterocycles. The number of aliphatic hydroxyl groups excluding tert-OH is 2. The van der Waals surface area contributed by atoms with E-state index >= 15 is 0 Å². The normalized spacial score (nSPS) is 13.1. The molecule has 11 heteroatoms. The van der Waals surface area contributed by atoms with E-state index in [0.29, 0.717) is 23.0 Å². The number of pyridine rings is 1. The fourth-order valence-electron chi connectivity index (χ4n) is 4.81. The van der Waals surface area contributed by atoms with Crippen LogP contribution >= 0.6 is 0 Å². The van der Waals surface area contributed by atoms with Gasteiger partial charge in [0.05, 0.1) is 48.7 Å². The van der Waals surface area contributed by atoms with Gasteiger partial charge in [0.2, 0.25) is 0 Å². The number of benzene rings is 1. The van der Waals surface area contributed by atoms with Crippen molar-refractivity contribution in [1.82, 2.24) is 38.9 Å². The molecule has 0 radical (unpaired) electrons. The molecular formula is C29H27FN8O2. The van der Waals surface area contributed by atoms with E-state index in [1.54, 1.807) is 39.9 Å². The standard InChI is InChI=1S/C29H27FN8O2/c1-18-3-4-19(2)38(18)29-34-28-11-21(9-10-36(28)35-29)25-14-31-15-26(33-25)22-13-32-37(16-22)27(12-24(40)17-39)20-5-7-23(30)8-6-20/h3-11,13-16,24,27,39-40H,12,17H2,1-2H3. The summed E-state index contributed by atoms with van der Waals surface area (Å²) in [5.41, 5.74) is 6.40. The number of aliphatic hydroxyl groups is 2. The van der Waals surface area contributed by atoms with Gasteiger partial charge in [-0.05, 0) is 55.8 Å². The lowest BCUT2D eigenvalue weighted by atomic mass is 10.0. The van der Waals surface area contributed by atoms with E-state index in [2.05, 4.69) is 15.2 Å². The molecule has 5 aromatic heterocycles. The van der Waals surface area contributed by atoms with Crippen molar-refractivity contribution in [2.75, 3.05) is 6.61 Å². The third kappa shape index (κ3) is 4.88. The monoisotopic (exact) mass is 538 g/mol. The fraction of sp³-hybridized carbons (Fsp3) is 0.207. The maximum Gasteiger partial charge on any atom is 0.254 e. The van der Waals surface area contributed by atoms with Crippen LogP contribution in [0, 0.1) is 19.7 Å². The molecule has 0 saturated carbocycles. The first-order valence-electron chi connectivity index (χ1n) is 12.8. The number of rotatable bonds is 8. The topological polar surface area (TPSA) is 119 Å². The highest BCUT2D eigenvalue weighted by molar-refractivity contribution is 5.66. The first-order valence-corrected chi connectivity index (χ1v) is 12.8. The smallest absolute Gasteiger partial charge is 0.254 e. The van der Waals surface area contributed by atoms with Crippen molar-refractivity contribution in [3.63, 3.8) is 0 Å². The molecule has 10 nitrogen and oxygen atoms in total. The van der Waals surface area contributed by atoms with Crippen molar-refractivity contribution in [2.24, 2.45) is 0 Å². The average Bonchev–Trinajstić information content (AvgIpc) is 3.70. The van der Waals surface area contributed by atoms with E-state index < -0.39 is 12.1 Å². The minimum Gasteiger partial charge on any atom is -0.394 e. The molecule has 6 rings (SSSR count). The third-order valence-corrected chi connectivity index (χ3v) is 6.91. The van der Waals surface area contributed by atoms with E-state index in [1.807, 2.05) is 55.1 Å². The molecule has 2 unspecified atom stereocenters. The van der Waals surface area contributed by atoms with Crippen molar-refractivity contribution >= 4 is 5.65 Å². The Kier molecular flexibility index (Phi) is 6.66. The summed E-state index contributed by atoms with van der Waals surface area (Å²) in [7, 11) is 0. The molecule has 0 fully saturated rings. The molecule has 0 spiro atoms. The molecule has 40 heavy (non-hydrogen) atoms. The van der Waals surface area contributed by atoms with Crippen molar-refractivity contribution in [3.8, 4) is 28.5 Å². The van der Waals surface area contributed by atoms with Crippen molar-refractivity contribution in [1.29, 1.82) is 0 Å². The van der Waals surface area contributed by atoms with E-state index in [4.69, 9.17) is 9.97 Å². The van der Waals surface area contributed by atoms with Gasteiger partial charge >= 0.3 is 0 Å². The second kappa shape index (κ2) is 10.4. The third-order valence-electron chi connectivity index (χ3n) is 6.91. The number of nitrogens with zero attached hydrogens (tertiary/aromatic N) is 8. The van der Waals surface area contributed by atoms with E-state index in [1.165, 1.54) is 12.1 Å². The van der Waals surface area contributed by atoms with Crippen LogP contribution in [0.3, 0.4) is 0 Å². The maximum absolute atomic E-state index is 13.5. The Bertz CT molecular complexity index is 1770. The summed E-state index contributed by atoms with van der Waals surface area (Å²) < 4.78 is 19.0.